The molecule has 1 N–H and O–H groups in total. The van der Waals surface area contributed by atoms with Gasteiger partial charge in [-0.05, 0) is 38.0 Å². The van der Waals surface area contributed by atoms with Gasteiger partial charge in [0, 0.05) is 22.2 Å². The minimum absolute atomic E-state index is 0.513. The van der Waals surface area contributed by atoms with Crippen molar-refractivity contribution < 1.29 is 9.84 Å². The molecule has 0 amide bonds. The predicted molar refractivity (Wildman–Crippen MR) is 78.9 cm³/mol. The van der Waals surface area contributed by atoms with Crippen LogP contribution in [0.5, 0.6) is 0 Å². The Hall–Kier alpha value is -0.280. The van der Waals surface area contributed by atoms with E-state index in [4.69, 9.17) is 27.9 Å². The van der Waals surface area contributed by atoms with E-state index in [1.165, 1.54) is 6.42 Å². The summed E-state index contributed by atoms with van der Waals surface area (Å²) in [5, 5.41) is 11.9. The molecule has 1 aromatic rings. The summed E-state index contributed by atoms with van der Waals surface area (Å²) >= 11 is 12.2. The van der Waals surface area contributed by atoms with E-state index in [2.05, 4.69) is 0 Å². The first-order chi connectivity index (χ1) is 9.09. The largest absolute Gasteiger partial charge is 0.385 e. The lowest BCUT2D eigenvalue weighted by molar-refractivity contribution is -0.141. The van der Waals surface area contributed by atoms with Gasteiger partial charge < -0.3 is 9.84 Å². The zero-order valence-corrected chi connectivity index (χ0v) is 12.7. The highest BCUT2D eigenvalue weighted by Crippen LogP contribution is 2.43. The second-order valence-electron chi connectivity index (χ2n) is 5.13. The summed E-state index contributed by atoms with van der Waals surface area (Å²) in [6.45, 7) is 2.55. The first-order valence-electron chi connectivity index (χ1n) is 6.86. The number of halogens is 2. The van der Waals surface area contributed by atoms with Crippen LogP contribution in [0.15, 0.2) is 18.2 Å². The van der Waals surface area contributed by atoms with Crippen molar-refractivity contribution in [3.63, 3.8) is 0 Å². The average Bonchev–Trinajstić information content (AvgIpc) is 2.42. The van der Waals surface area contributed by atoms with Crippen LogP contribution >= 0.6 is 23.2 Å². The van der Waals surface area contributed by atoms with Crippen molar-refractivity contribution in [3.05, 3.63) is 33.8 Å². The van der Waals surface area contributed by atoms with Gasteiger partial charge in [-0.1, -0.05) is 42.5 Å². The number of ether oxygens (including phenoxy) is 1. The van der Waals surface area contributed by atoms with Crippen molar-refractivity contribution >= 4 is 23.2 Å². The Kier molecular flexibility index (Phi) is 5.13. The van der Waals surface area contributed by atoms with Crippen LogP contribution in [0.3, 0.4) is 0 Å². The van der Waals surface area contributed by atoms with Crippen LogP contribution in [0.2, 0.25) is 10.0 Å². The van der Waals surface area contributed by atoms with E-state index in [0.29, 0.717) is 22.2 Å². The fraction of sp³-hybridized carbons (Fsp3) is 0.600. The molecule has 1 aliphatic carbocycles. The van der Waals surface area contributed by atoms with E-state index < -0.39 is 11.7 Å². The topological polar surface area (TPSA) is 29.5 Å². The van der Waals surface area contributed by atoms with Crippen LogP contribution in [0.4, 0.5) is 0 Å². The Morgan fingerprint density at radius 2 is 1.95 bits per heavy atom. The minimum atomic E-state index is -0.723. The third kappa shape index (κ3) is 3.25. The molecule has 2 nitrogen and oxygen atoms in total. The number of benzene rings is 1. The summed E-state index contributed by atoms with van der Waals surface area (Å²) in [4.78, 5) is 0. The Bertz CT molecular complexity index is 423. The van der Waals surface area contributed by atoms with Crippen LogP contribution in [-0.4, -0.2) is 17.3 Å². The van der Waals surface area contributed by atoms with Gasteiger partial charge in [0.1, 0.15) is 6.10 Å². The quantitative estimate of drug-likeness (QED) is 0.868. The van der Waals surface area contributed by atoms with Gasteiger partial charge in [0.2, 0.25) is 0 Å². The molecule has 0 spiro atoms. The van der Waals surface area contributed by atoms with E-state index in [1.807, 2.05) is 6.92 Å². The number of aliphatic hydroxyl groups excluding tert-OH is 1. The summed E-state index contributed by atoms with van der Waals surface area (Å²) in [5.74, 6) is 0. The molecule has 0 heterocycles. The molecular weight excluding hydrogens is 283 g/mol. The summed E-state index contributed by atoms with van der Waals surface area (Å²) in [6.07, 6.45) is 4.37. The van der Waals surface area contributed by atoms with Gasteiger partial charge in [0.25, 0.3) is 0 Å². The maximum absolute atomic E-state index is 10.8. The molecule has 1 unspecified atom stereocenters. The predicted octanol–water partition coefficient (Wildman–Crippen LogP) is 4.77. The van der Waals surface area contributed by atoms with E-state index >= 15 is 0 Å². The zero-order valence-electron chi connectivity index (χ0n) is 11.2. The van der Waals surface area contributed by atoms with Crippen molar-refractivity contribution in [2.45, 2.75) is 50.7 Å². The van der Waals surface area contributed by atoms with E-state index in [9.17, 15) is 5.11 Å². The lowest BCUT2D eigenvalue weighted by atomic mass is 9.78. The van der Waals surface area contributed by atoms with Crippen molar-refractivity contribution in [2.24, 2.45) is 0 Å². The molecule has 19 heavy (non-hydrogen) atoms. The summed E-state index contributed by atoms with van der Waals surface area (Å²) in [6, 6.07) is 5.20. The van der Waals surface area contributed by atoms with Gasteiger partial charge >= 0.3 is 0 Å². The van der Waals surface area contributed by atoms with Crippen molar-refractivity contribution in [3.8, 4) is 0 Å². The molecule has 1 atom stereocenters. The molecule has 1 aromatic carbocycles. The first kappa shape index (κ1) is 15.1. The SMILES string of the molecule is CCOC1(C(O)c2cc(Cl)ccc2Cl)CCCCC1. The number of hydrogen-bond acceptors (Lipinski definition) is 2. The maximum Gasteiger partial charge on any atom is 0.109 e. The zero-order chi connectivity index (χ0) is 13.9. The van der Waals surface area contributed by atoms with E-state index in [1.54, 1.807) is 18.2 Å². The molecule has 0 radical (unpaired) electrons. The normalized spacial score (nSPS) is 20.2. The van der Waals surface area contributed by atoms with Crippen LogP contribution in [0, 0.1) is 0 Å². The van der Waals surface area contributed by atoms with Crippen LogP contribution in [0.1, 0.15) is 50.7 Å². The van der Waals surface area contributed by atoms with Gasteiger partial charge in [-0.3, -0.25) is 0 Å². The van der Waals surface area contributed by atoms with Crippen LogP contribution in [0.25, 0.3) is 0 Å². The molecule has 106 valence electrons. The van der Waals surface area contributed by atoms with Gasteiger partial charge in [-0.25, -0.2) is 0 Å². The summed E-state index contributed by atoms with van der Waals surface area (Å²) < 4.78 is 5.93. The third-order valence-corrected chi connectivity index (χ3v) is 4.46. The molecule has 4 heteroatoms. The highest BCUT2D eigenvalue weighted by atomic mass is 35.5. The van der Waals surface area contributed by atoms with Gasteiger partial charge in [-0.15, -0.1) is 0 Å². The minimum Gasteiger partial charge on any atom is -0.385 e. The Morgan fingerprint density at radius 3 is 2.58 bits per heavy atom. The van der Waals surface area contributed by atoms with Crippen LogP contribution in [-0.2, 0) is 4.74 Å². The monoisotopic (exact) mass is 302 g/mol. The van der Waals surface area contributed by atoms with Crippen molar-refractivity contribution in [2.75, 3.05) is 6.61 Å². The Balaban J connectivity index is 2.32. The molecule has 0 saturated heterocycles. The van der Waals surface area contributed by atoms with Crippen molar-refractivity contribution in [1.82, 2.24) is 0 Å². The number of hydrogen-bond donors (Lipinski definition) is 1. The fourth-order valence-electron chi connectivity index (χ4n) is 2.94. The molecule has 1 saturated carbocycles. The van der Waals surface area contributed by atoms with Gasteiger partial charge in [0.05, 0.1) is 5.60 Å². The standard InChI is InChI=1S/C15H20Cl2O2/c1-2-19-15(8-4-3-5-9-15)14(18)12-10-11(16)6-7-13(12)17/h6-7,10,14,18H,2-5,8-9H2,1H3. The maximum atomic E-state index is 10.8. The second-order valence-corrected chi connectivity index (χ2v) is 5.97. The third-order valence-electron chi connectivity index (χ3n) is 3.88. The van der Waals surface area contributed by atoms with E-state index in [-0.39, 0.29) is 0 Å². The summed E-state index contributed by atoms with van der Waals surface area (Å²) in [7, 11) is 0. The van der Waals surface area contributed by atoms with Crippen molar-refractivity contribution in [1.29, 1.82) is 0 Å². The second kappa shape index (κ2) is 6.45. The molecule has 0 bridgehead atoms. The average molecular weight is 303 g/mol. The Morgan fingerprint density at radius 1 is 1.26 bits per heavy atom. The van der Waals surface area contributed by atoms with Gasteiger partial charge in [-0.2, -0.15) is 0 Å². The lowest BCUT2D eigenvalue weighted by Crippen LogP contribution is -2.41. The highest BCUT2D eigenvalue weighted by Gasteiger charge is 2.41. The number of aliphatic hydroxyl groups is 1. The molecule has 2 rings (SSSR count). The molecule has 0 aliphatic heterocycles. The van der Waals surface area contributed by atoms with E-state index in [0.717, 1.165) is 25.7 Å². The summed E-state index contributed by atoms with van der Waals surface area (Å²) in [5.41, 5.74) is 0.158. The molecule has 0 aromatic heterocycles. The smallest absolute Gasteiger partial charge is 0.109 e. The van der Waals surface area contributed by atoms with Crippen LogP contribution < -0.4 is 0 Å². The highest BCUT2D eigenvalue weighted by molar-refractivity contribution is 6.33. The van der Waals surface area contributed by atoms with Gasteiger partial charge in [0.15, 0.2) is 0 Å². The lowest BCUT2D eigenvalue weighted by Gasteiger charge is -2.41. The molecule has 1 fully saturated rings. The Labute approximate surface area is 124 Å². The number of rotatable bonds is 4. The molecular formula is C15H20Cl2O2. The molecule has 1 aliphatic rings. The first-order valence-corrected chi connectivity index (χ1v) is 7.61. The fourth-order valence-corrected chi connectivity index (χ4v) is 3.34.